The van der Waals surface area contributed by atoms with Crippen LogP contribution in [0.25, 0.3) is 5.65 Å². The third kappa shape index (κ3) is 3.77. The fourth-order valence-corrected chi connectivity index (χ4v) is 6.95. The molecule has 0 spiro atoms. The summed E-state index contributed by atoms with van der Waals surface area (Å²) < 4.78 is 3.20. The molecular weight excluding hydrogens is 422 g/mol. The van der Waals surface area contributed by atoms with E-state index in [2.05, 4.69) is 25.8 Å². The van der Waals surface area contributed by atoms with Crippen molar-refractivity contribution in [1.82, 2.24) is 34.9 Å². The van der Waals surface area contributed by atoms with Crippen LogP contribution in [0.5, 0.6) is 0 Å². The van der Waals surface area contributed by atoms with Gasteiger partial charge in [0.25, 0.3) is 5.91 Å². The Morgan fingerprint density at radius 2 is 1.85 bits per heavy atom. The predicted molar refractivity (Wildman–Crippen MR) is 116 cm³/mol. The van der Waals surface area contributed by atoms with Crippen molar-refractivity contribution in [2.24, 2.45) is 23.2 Å². The molecule has 3 heterocycles. The lowest BCUT2D eigenvalue weighted by Gasteiger charge is -2.56. The molecule has 4 saturated carbocycles. The van der Waals surface area contributed by atoms with Crippen LogP contribution < -0.4 is 5.32 Å². The Balaban J connectivity index is 1.19. The first-order chi connectivity index (χ1) is 16.0. The van der Waals surface area contributed by atoms with Crippen molar-refractivity contribution < 1.29 is 14.7 Å². The number of rotatable bonds is 7. The molecule has 4 aliphatic carbocycles. The number of hydrogen-bond acceptors (Lipinski definition) is 6. The van der Waals surface area contributed by atoms with E-state index in [0.717, 1.165) is 24.3 Å². The number of pyridine rings is 1. The van der Waals surface area contributed by atoms with Gasteiger partial charge in [0.05, 0.1) is 12.2 Å². The van der Waals surface area contributed by atoms with Crippen molar-refractivity contribution in [2.75, 3.05) is 6.54 Å². The number of hydrogen-bond donors (Lipinski definition) is 2. The van der Waals surface area contributed by atoms with Crippen LogP contribution in [0.4, 0.5) is 0 Å². The number of amides is 1. The number of nitrogens with zero attached hydrogens (tertiary/aromatic N) is 6. The van der Waals surface area contributed by atoms with Crippen LogP contribution in [0.2, 0.25) is 0 Å². The standard InChI is InChI=1S/C23H27N7O3/c31-21(32)7-20-26-27-28-30(20)12-17-11-29-18(2-1-3-19(29)25-17)22(33)24-13-23-8-14-4-15(9-23)6-16(5-14)10-23/h1-3,11,14-16H,4-10,12-13H2,(H,24,33)(H,31,32). The Morgan fingerprint density at radius 1 is 1.12 bits per heavy atom. The highest BCUT2D eigenvalue weighted by Crippen LogP contribution is 2.59. The molecule has 4 bridgehead atoms. The molecule has 0 aliphatic heterocycles. The van der Waals surface area contributed by atoms with Crippen LogP contribution in [0.3, 0.4) is 0 Å². The Morgan fingerprint density at radius 3 is 2.55 bits per heavy atom. The summed E-state index contributed by atoms with van der Waals surface area (Å²) in [6, 6.07) is 5.48. The Labute approximate surface area is 190 Å². The van der Waals surface area contributed by atoms with Crippen LogP contribution in [0, 0.1) is 23.2 Å². The molecule has 3 aromatic rings. The van der Waals surface area contributed by atoms with Crippen LogP contribution in [-0.4, -0.2) is 53.1 Å². The first-order valence-electron chi connectivity index (χ1n) is 11.7. The molecule has 172 valence electrons. The molecule has 3 aromatic heterocycles. The van der Waals surface area contributed by atoms with Crippen molar-refractivity contribution >= 4 is 17.5 Å². The lowest BCUT2D eigenvalue weighted by molar-refractivity contribution is -0.136. The number of tetrazole rings is 1. The molecule has 0 unspecified atom stereocenters. The molecular formula is C23H27N7O3. The van der Waals surface area contributed by atoms with E-state index in [1.54, 1.807) is 16.7 Å². The van der Waals surface area contributed by atoms with Crippen molar-refractivity contribution in [2.45, 2.75) is 51.5 Å². The lowest BCUT2D eigenvalue weighted by Crippen LogP contribution is -2.51. The van der Waals surface area contributed by atoms with E-state index in [9.17, 15) is 9.59 Å². The number of imidazole rings is 1. The molecule has 0 aromatic carbocycles. The highest BCUT2D eigenvalue weighted by atomic mass is 16.4. The van der Waals surface area contributed by atoms with E-state index < -0.39 is 5.97 Å². The van der Waals surface area contributed by atoms with Gasteiger partial charge in [-0.25, -0.2) is 9.67 Å². The molecule has 4 aliphatic rings. The van der Waals surface area contributed by atoms with E-state index in [1.165, 1.54) is 43.2 Å². The van der Waals surface area contributed by atoms with Gasteiger partial charge in [-0.05, 0) is 84.3 Å². The maximum absolute atomic E-state index is 13.2. The fraction of sp³-hybridized carbons (Fsp3) is 0.565. The molecule has 4 fully saturated rings. The summed E-state index contributed by atoms with van der Waals surface area (Å²) in [6.45, 7) is 0.974. The van der Waals surface area contributed by atoms with Gasteiger partial charge in [0, 0.05) is 12.7 Å². The monoisotopic (exact) mass is 449 g/mol. The average molecular weight is 450 g/mol. The first-order valence-corrected chi connectivity index (χ1v) is 11.7. The normalized spacial score (nSPS) is 27.8. The molecule has 10 nitrogen and oxygen atoms in total. The number of aliphatic carboxylic acids is 1. The molecule has 2 N–H and O–H groups in total. The number of aromatic nitrogens is 6. The highest BCUT2D eigenvalue weighted by molar-refractivity contribution is 5.93. The van der Waals surface area contributed by atoms with Crippen LogP contribution in [0.15, 0.2) is 24.4 Å². The van der Waals surface area contributed by atoms with Crippen molar-refractivity contribution in [3.63, 3.8) is 0 Å². The third-order valence-electron chi connectivity index (χ3n) is 7.79. The molecule has 0 atom stereocenters. The minimum absolute atomic E-state index is 0.0886. The van der Waals surface area contributed by atoms with E-state index in [-0.39, 0.29) is 30.1 Å². The number of nitrogens with one attached hydrogen (secondary N) is 1. The van der Waals surface area contributed by atoms with Gasteiger partial charge in [-0.2, -0.15) is 0 Å². The number of carboxylic acids is 1. The minimum Gasteiger partial charge on any atom is -0.481 e. The third-order valence-corrected chi connectivity index (χ3v) is 7.79. The minimum atomic E-state index is -1.00. The van der Waals surface area contributed by atoms with Gasteiger partial charge in [0.15, 0.2) is 5.82 Å². The summed E-state index contributed by atoms with van der Waals surface area (Å²) in [7, 11) is 0. The number of fused-ring (bicyclic) bond motifs is 1. The van der Waals surface area contributed by atoms with Gasteiger partial charge in [-0.3, -0.25) is 14.0 Å². The van der Waals surface area contributed by atoms with Gasteiger partial charge in [0.2, 0.25) is 0 Å². The van der Waals surface area contributed by atoms with E-state index in [0.29, 0.717) is 17.0 Å². The Kier molecular flexibility index (Phi) is 4.70. The average Bonchev–Trinajstić information content (AvgIpc) is 3.37. The van der Waals surface area contributed by atoms with Gasteiger partial charge in [-0.15, -0.1) is 5.10 Å². The zero-order valence-electron chi connectivity index (χ0n) is 18.4. The number of carbonyl (C=O) groups excluding carboxylic acids is 1. The number of carbonyl (C=O) groups is 2. The van der Waals surface area contributed by atoms with Gasteiger partial charge >= 0.3 is 5.97 Å². The van der Waals surface area contributed by atoms with Crippen molar-refractivity contribution in [3.05, 3.63) is 41.6 Å². The molecule has 0 radical (unpaired) electrons. The summed E-state index contributed by atoms with van der Waals surface area (Å²) in [5, 5.41) is 23.5. The predicted octanol–water partition coefficient (Wildman–Crippen LogP) is 1.94. The van der Waals surface area contributed by atoms with Crippen molar-refractivity contribution in [1.29, 1.82) is 0 Å². The van der Waals surface area contributed by atoms with Crippen LogP contribution >= 0.6 is 0 Å². The van der Waals surface area contributed by atoms with Gasteiger partial charge in [-0.1, -0.05) is 6.07 Å². The zero-order valence-corrected chi connectivity index (χ0v) is 18.4. The molecule has 10 heteroatoms. The summed E-state index contributed by atoms with van der Waals surface area (Å²) in [5.74, 6) is 1.72. The van der Waals surface area contributed by atoms with Crippen LogP contribution in [0.1, 0.15) is 60.5 Å². The summed E-state index contributed by atoms with van der Waals surface area (Å²) in [5.41, 5.74) is 2.12. The first kappa shape index (κ1) is 20.3. The largest absolute Gasteiger partial charge is 0.481 e. The van der Waals surface area contributed by atoms with E-state index >= 15 is 0 Å². The smallest absolute Gasteiger partial charge is 0.311 e. The second-order valence-electron chi connectivity index (χ2n) is 10.3. The van der Waals surface area contributed by atoms with E-state index in [1.807, 2.05) is 12.1 Å². The number of carboxylic acid groups (broad SMARTS) is 1. The quantitative estimate of drug-likeness (QED) is 0.564. The van der Waals surface area contributed by atoms with Crippen molar-refractivity contribution in [3.8, 4) is 0 Å². The second-order valence-corrected chi connectivity index (χ2v) is 10.3. The maximum Gasteiger partial charge on any atom is 0.311 e. The molecule has 0 saturated heterocycles. The summed E-state index contributed by atoms with van der Waals surface area (Å²) in [4.78, 5) is 28.8. The van der Waals surface area contributed by atoms with Gasteiger partial charge in [0.1, 0.15) is 17.8 Å². The summed E-state index contributed by atoms with van der Waals surface area (Å²) in [6.07, 6.45) is 9.45. The molecule has 1 amide bonds. The highest BCUT2D eigenvalue weighted by Gasteiger charge is 2.50. The SMILES string of the molecule is O=C(O)Cc1nnnn1Cc1cn2c(C(=O)NCC34CC5CC(CC(C5)C3)C4)cccc2n1. The summed E-state index contributed by atoms with van der Waals surface area (Å²) >= 11 is 0. The fourth-order valence-electron chi connectivity index (χ4n) is 6.95. The molecule has 33 heavy (non-hydrogen) atoms. The van der Waals surface area contributed by atoms with Crippen LogP contribution in [-0.2, 0) is 17.8 Å². The van der Waals surface area contributed by atoms with Gasteiger partial charge < -0.3 is 10.4 Å². The lowest BCUT2D eigenvalue weighted by atomic mass is 9.49. The zero-order chi connectivity index (χ0) is 22.6. The Hall–Kier alpha value is -3.30. The molecule has 7 rings (SSSR count). The van der Waals surface area contributed by atoms with E-state index in [4.69, 9.17) is 5.11 Å². The topological polar surface area (TPSA) is 127 Å². The Bertz CT molecular complexity index is 1190. The second kappa shape index (κ2) is 7.64. The maximum atomic E-state index is 13.2.